The highest BCUT2D eigenvalue weighted by molar-refractivity contribution is 5.77. The molecule has 0 spiro atoms. The van der Waals surface area contributed by atoms with Gasteiger partial charge in [0.25, 0.3) is 0 Å². The van der Waals surface area contributed by atoms with Crippen LogP contribution in [0, 0.1) is 12.7 Å². The van der Waals surface area contributed by atoms with Crippen LogP contribution < -0.4 is 4.74 Å². The summed E-state index contributed by atoms with van der Waals surface area (Å²) in [7, 11) is 1.84. The van der Waals surface area contributed by atoms with E-state index in [0.29, 0.717) is 17.3 Å². The van der Waals surface area contributed by atoms with Crippen molar-refractivity contribution in [3.63, 3.8) is 0 Å². The van der Waals surface area contributed by atoms with E-state index in [1.807, 2.05) is 23.7 Å². The minimum Gasteiger partial charge on any atom is -0.457 e. The second kappa shape index (κ2) is 5.18. The van der Waals surface area contributed by atoms with Crippen molar-refractivity contribution in [2.45, 2.75) is 13.5 Å². The molecule has 3 aromatic rings. The highest BCUT2D eigenvalue weighted by atomic mass is 19.1. The van der Waals surface area contributed by atoms with Gasteiger partial charge in [0, 0.05) is 13.1 Å². The van der Waals surface area contributed by atoms with Gasteiger partial charge in [0.05, 0.1) is 11.0 Å². The summed E-state index contributed by atoms with van der Waals surface area (Å²) in [5.74, 6) is 1.57. The Bertz CT molecular complexity index is 811. The Morgan fingerprint density at radius 1 is 1.24 bits per heavy atom. The predicted molar refractivity (Wildman–Crippen MR) is 77.8 cm³/mol. The van der Waals surface area contributed by atoms with E-state index in [0.717, 1.165) is 16.6 Å². The number of hydrogen-bond acceptors (Lipinski definition) is 3. The van der Waals surface area contributed by atoms with Gasteiger partial charge in [0.2, 0.25) is 0 Å². The minimum absolute atomic E-state index is 0.113. The maximum atomic E-state index is 13.1. The third kappa shape index (κ3) is 2.48. The monoisotopic (exact) mass is 286 g/mol. The molecule has 0 saturated heterocycles. The summed E-state index contributed by atoms with van der Waals surface area (Å²) in [4.78, 5) is 4.32. The minimum atomic E-state index is -0.283. The van der Waals surface area contributed by atoms with Crippen molar-refractivity contribution in [2.75, 3.05) is 0 Å². The number of fused-ring (bicyclic) bond motifs is 1. The predicted octanol–water partition coefficient (Wildman–Crippen LogP) is 3.31. The Hall–Kier alpha value is -2.40. The summed E-state index contributed by atoms with van der Waals surface area (Å²) in [6.07, 6.45) is 0. The van der Waals surface area contributed by atoms with Gasteiger partial charge in [-0.05, 0) is 42.8 Å². The molecule has 0 atom stereocenters. The number of aliphatic hydroxyl groups excluding tert-OH is 1. The number of hydrogen-bond donors (Lipinski definition) is 1. The molecule has 2 aromatic carbocycles. The lowest BCUT2D eigenvalue weighted by Crippen LogP contribution is -1.96. The standard InChI is InChI=1S/C16H15FN2O2/c1-10-7-11(17)3-6-15(10)21-12-4-5-13-14(8-12)19(2)16(9-20)18-13/h3-8,20H,9H2,1-2H3. The van der Waals surface area contributed by atoms with Crippen molar-refractivity contribution in [1.82, 2.24) is 9.55 Å². The molecule has 0 amide bonds. The second-order valence-electron chi connectivity index (χ2n) is 4.91. The van der Waals surface area contributed by atoms with Gasteiger partial charge in [-0.3, -0.25) is 0 Å². The summed E-state index contributed by atoms with van der Waals surface area (Å²) in [6.45, 7) is 1.68. The average Bonchev–Trinajstić information content (AvgIpc) is 2.78. The van der Waals surface area contributed by atoms with Crippen LogP contribution in [0.15, 0.2) is 36.4 Å². The number of rotatable bonds is 3. The molecule has 4 nitrogen and oxygen atoms in total. The molecule has 1 aromatic heterocycles. The number of aromatic nitrogens is 2. The fraction of sp³-hybridized carbons (Fsp3) is 0.188. The topological polar surface area (TPSA) is 47.3 Å². The molecule has 1 N–H and O–H groups in total. The number of benzene rings is 2. The molecule has 0 unspecified atom stereocenters. The normalized spacial score (nSPS) is 11.0. The third-order valence-electron chi connectivity index (χ3n) is 3.45. The van der Waals surface area contributed by atoms with E-state index in [2.05, 4.69) is 4.98 Å². The van der Waals surface area contributed by atoms with Gasteiger partial charge in [-0.15, -0.1) is 0 Å². The SMILES string of the molecule is Cc1cc(F)ccc1Oc1ccc2nc(CO)n(C)c2c1. The van der Waals surface area contributed by atoms with Gasteiger partial charge in [-0.25, -0.2) is 9.37 Å². The lowest BCUT2D eigenvalue weighted by Gasteiger charge is -2.09. The van der Waals surface area contributed by atoms with Gasteiger partial charge < -0.3 is 14.4 Å². The number of halogens is 1. The van der Waals surface area contributed by atoms with Crippen LogP contribution in [-0.4, -0.2) is 14.7 Å². The zero-order valence-corrected chi connectivity index (χ0v) is 11.8. The quantitative estimate of drug-likeness (QED) is 0.803. The molecule has 0 aliphatic heterocycles. The van der Waals surface area contributed by atoms with E-state index < -0.39 is 0 Å². The van der Waals surface area contributed by atoms with Crippen molar-refractivity contribution < 1.29 is 14.2 Å². The molecule has 0 bridgehead atoms. The number of imidazole rings is 1. The van der Waals surface area contributed by atoms with Gasteiger partial charge in [-0.1, -0.05) is 0 Å². The maximum absolute atomic E-state index is 13.1. The van der Waals surface area contributed by atoms with E-state index in [-0.39, 0.29) is 12.4 Å². The van der Waals surface area contributed by atoms with Gasteiger partial charge in [0.15, 0.2) is 0 Å². The van der Waals surface area contributed by atoms with Crippen molar-refractivity contribution in [2.24, 2.45) is 7.05 Å². The van der Waals surface area contributed by atoms with E-state index in [1.165, 1.54) is 12.1 Å². The van der Waals surface area contributed by atoms with Crippen LogP contribution in [0.1, 0.15) is 11.4 Å². The first-order valence-corrected chi connectivity index (χ1v) is 6.58. The number of aryl methyl sites for hydroxylation is 2. The van der Waals surface area contributed by atoms with Crippen molar-refractivity contribution in [1.29, 1.82) is 0 Å². The van der Waals surface area contributed by atoms with Gasteiger partial charge >= 0.3 is 0 Å². The first kappa shape index (κ1) is 13.6. The van der Waals surface area contributed by atoms with Crippen LogP contribution in [0.5, 0.6) is 11.5 Å². The van der Waals surface area contributed by atoms with E-state index in [4.69, 9.17) is 4.74 Å². The average molecular weight is 286 g/mol. The first-order valence-electron chi connectivity index (χ1n) is 6.58. The van der Waals surface area contributed by atoms with Crippen molar-refractivity contribution >= 4 is 11.0 Å². The zero-order chi connectivity index (χ0) is 15.0. The first-order chi connectivity index (χ1) is 10.1. The summed E-state index contributed by atoms with van der Waals surface area (Å²) in [6, 6.07) is 9.90. The molecule has 21 heavy (non-hydrogen) atoms. The molecule has 0 fully saturated rings. The largest absolute Gasteiger partial charge is 0.457 e. The molecular weight excluding hydrogens is 271 g/mol. The second-order valence-corrected chi connectivity index (χ2v) is 4.91. The van der Waals surface area contributed by atoms with Crippen LogP contribution in [0.2, 0.25) is 0 Å². The molecular formula is C16H15FN2O2. The molecule has 0 aliphatic rings. The molecule has 0 aliphatic carbocycles. The summed E-state index contributed by atoms with van der Waals surface area (Å²) >= 11 is 0. The number of nitrogens with zero attached hydrogens (tertiary/aromatic N) is 2. The Morgan fingerprint density at radius 2 is 2.05 bits per heavy atom. The van der Waals surface area contributed by atoms with Crippen LogP contribution in [0.3, 0.4) is 0 Å². The summed E-state index contributed by atoms with van der Waals surface area (Å²) in [5, 5.41) is 9.24. The number of aliphatic hydroxyl groups is 1. The Kier molecular flexibility index (Phi) is 3.35. The van der Waals surface area contributed by atoms with Crippen LogP contribution in [0.4, 0.5) is 4.39 Å². The fourth-order valence-electron chi connectivity index (χ4n) is 2.28. The fourth-order valence-corrected chi connectivity index (χ4v) is 2.28. The Balaban J connectivity index is 1.99. The van der Waals surface area contributed by atoms with Crippen molar-refractivity contribution in [3.05, 3.63) is 53.6 Å². The van der Waals surface area contributed by atoms with Crippen LogP contribution in [0.25, 0.3) is 11.0 Å². The Morgan fingerprint density at radius 3 is 2.76 bits per heavy atom. The molecule has 3 rings (SSSR count). The van der Waals surface area contributed by atoms with E-state index in [9.17, 15) is 9.50 Å². The van der Waals surface area contributed by atoms with Crippen LogP contribution in [-0.2, 0) is 13.7 Å². The molecule has 108 valence electrons. The summed E-state index contributed by atoms with van der Waals surface area (Å²) < 4.78 is 20.7. The summed E-state index contributed by atoms with van der Waals surface area (Å²) in [5.41, 5.74) is 2.40. The maximum Gasteiger partial charge on any atom is 0.135 e. The highest BCUT2D eigenvalue weighted by Gasteiger charge is 2.09. The lowest BCUT2D eigenvalue weighted by molar-refractivity contribution is 0.268. The molecule has 1 heterocycles. The Labute approximate surface area is 121 Å². The molecule has 5 heteroatoms. The zero-order valence-electron chi connectivity index (χ0n) is 11.8. The highest BCUT2D eigenvalue weighted by Crippen LogP contribution is 2.28. The molecule has 0 radical (unpaired) electrons. The number of ether oxygens (including phenoxy) is 1. The van der Waals surface area contributed by atoms with E-state index in [1.54, 1.807) is 19.1 Å². The smallest absolute Gasteiger partial charge is 0.135 e. The lowest BCUT2D eigenvalue weighted by atomic mass is 10.2. The third-order valence-corrected chi connectivity index (χ3v) is 3.45. The molecule has 0 saturated carbocycles. The van der Waals surface area contributed by atoms with Crippen LogP contribution >= 0.6 is 0 Å². The van der Waals surface area contributed by atoms with Crippen molar-refractivity contribution in [3.8, 4) is 11.5 Å². The van der Waals surface area contributed by atoms with Gasteiger partial charge in [0.1, 0.15) is 29.7 Å². The van der Waals surface area contributed by atoms with E-state index >= 15 is 0 Å². The van der Waals surface area contributed by atoms with Gasteiger partial charge in [-0.2, -0.15) is 0 Å².